The highest BCUT2D eigenvalue weighted by Gasteiger charge is 2.33. The lowest BCUT2D eigenvalue weighted by atomic mass is 9.87. The number of carbonyl (C=O) groups excluding carboxylic acids is 1. The summed E-state index contributed by atoms with van der Waals surface area (Å²) in [6.07, 6.45) is 6.45. The molecule has 0 heterocycles. The molecule has 1 amide bonds. The summed E-state index contributed by atoms with van der Waals surface area (Å²) in [6.45, 7) is 7.04. The van der Waals surface area contributed by atoms with Crippen LogP contribution in [-0.2, 0) is 4.79 Å². The summed E-state index contributed by atoms with van der Waals surface area (Å²) in [7, 11) is 0. The standard InChI is InChI=1S/C15H30N2O2/c1-4-13(5-2)17-14(19)12(3)16-10-15(11-18)8-6-7-9-15/h12-13,16,18H,4-11H2,1-3H3,(H,17,19). The minimum Gasteiger partial charge on any atom is -0.396 e. The van der Waals surface area contributed by atoms with Crippen molar-refractivity contribution < 1.29 is 9.90 Å². The first-order valence-electron chi connectivity index (χ1n) is 7.71. The molecule has 112 valence electrons. The zero-order valence-electron chi connectivity index (χ0n) is 12.7. The summed E-state index contributed by atoms with van der Waals surface area (Å²) >= 11 is 0. The molecule has 1 fully saturated rings. The molecule has 1 unspecified atom stereocenters. The Morgan fingerprint density at radius 1 is 1.26 bits per heavy atom. The van der Waals surface area contributed by atoms with Gasteiger partial charge in [-0.05, 0) is 32.6 Å². The summed E-state index contributed by atoms with van der Waals surface area (Å²) < 4.78 is 0. The van der Waals surface area contributed by atoms with Crippen molar-refractivity contribution in [3.05, 3.63) is 0 Å². The van der Waals surface area contributed by atoms with Gasteiger partial charge in [-0.2, -0.15) is 0 Å². The second-order valence-electron chi connectivity index (χ2n) is 5.99. The maximum absolute atomic E-state index is 12.0. The fourth-order valence-corrected chi connectivity index (χ4v) is 2.80. The molecule has 19 heavy (non-hydrogen) atoms. The predicted molar refractivity (Wildman–Crippen MR) is 78.0 cm³/mol. The van der Waals surface area contributed by atoms with E-state index in [0.717, 1.165) is 32.2 Å². The van der Waals surface area contributed by atoms with Crippen LogP contribution in [0.1, 0.15) is 59.3 Å². The molecule has 1 saturated carbocycles. The van der Waals surface area contributed by atoms with Crippen LogP contribution >= 0.6 is 0 Å². The van der Waals surface area contributed by atoms with Gasteiger partial charge in [0.1, 0.15) is 0 Å². The molecule has 4 heteroatoms. The third-order valence-corrected chi connectivity index (χ3v) is 4.51. The molecule has 0 spiro atoms. The Balaban J connectivity index is 2.37. The van der Waals surface area contributed by atoms with Crippen molar-refractivity contribution in [1.29, 1.82) is 0 Å². The molecule has 3 N–H and O–H groups in total. The third-order valence-electron chi connectivity index (χ3n) is 4.51. The Labute approximate surface area is 117 Å². The van der Waals surface area contributed by atoms with Crippen LogP contribution in [0.2, 0.25) is 0 Å². The van der Waals surface area contributed by atoms with Crippen molar-refractivity contribution in [2.24, 2.45) is 5.41 Å². The van der Waals surface area contributed by atoms with Crippen LogP contribution < -0.4 is 10.6 Å². The van der Waals surface area contributed by atoms with Crippen LogP contribution in [-0.4, -0.2) is 36.2 Å². The van der Waals surface area contributed by atoms with Crippen molar-refractivity contribution in [1.82, 2.24) is 10.6 Å². The van der Waals surface area contributed by atoms with Gasteiger partial charge in [0.05, 0.1) is 6.04 Å². The summed E-state index contributed by atoms with van der Waals surface area (Å²) in [5.74, 6) is 0.0692. The third kappa shape index (κ3) is 4.77. The number of aliphatic hydroxyl groups excluding tert-OH is 1. The Bertz CT molecular complexity index is 271. The van der Waals surface area contributed by atoms with E-state index >= 15 is 0 Å². The molecular formula is C15H30N2O2. The summed E-state index contributed by atoms with van der Waals surface area (Å²) in [5, 5.41) is 15.9. The highest BCUT2D eigenvalue weighted by molar-refractivity contribution is 5.81. The Hall–Kier alpha value is -0.610. The van der Waals surface area contributed by atoms with Gasteiger partial charge in [0.2, 0.25) is 5.91 Å². The largest absolute Gasteiger partial charge is 0.396 e. The molecule has 4 nitrogen and oxygen atoms in total. The number of nitrogens with one attached hydrogen (secondary N) is 2. The van der Waals surface area contributed by atoms with Gasteiger partial charge in [-0.15, -0.1) is 0 Å². The van der Waals surface area contributed by atoms with Gasteiger partial charge >= 0.3 is 0 Å². The lowest BCUT2D eigenvalue weighted by Crippen LogP contribution is -2.49. The van der Waals surface area contributed by atoms with E-state index in [2.05, 4.69) is 24.5 Å². The maximum Gasteiger partial charge on any atom is 0.237 e. The van der Waals surface area contributed by atoms with Crippen LogP contribution in [0, 0.1) is 5.41 Å². The van der Waals surface area contributed by atoms with E-state index in [-0.39, 0.29) is 30.0 Å². The highest BCUT2D eigenvalue weighted by atomic mass is 16.3. The SMILES string of the molecule is CCC(CC)NC(=O)C(C)NCC1(CO)CCCC1. The zero-order valence-corrected chi connectivity index (χ0v) is 12.7. The molecule has 0 aromatic carbocycles. The molecule has 1 atom stereocenters. The number of aliphatic hydroxyl groups is 1. The lowest BCUT2D eigenvalue weighted by Gasteiger charge is -2.29. The van der Waals surface area contributed by atoms with E-state index in [4.69, 9.17) is 0 Å². The first-order chi connectivity index (χ1) is 9.06. The van der Waals surface area contributed by atoms with Crippen molar-refractivity contribution in [2.75, 3.05) is 13.2 Å². The van der Waals surface area contributed by atoms with Gasteiger partial charge in [-0.25, -0.2) is 0 Å². The molecule has 1 rings (SSSR count). The normalized spacial score (nSPS) is 19.6. The van der Waals surface area contributed by atoms with Crippen LogP contribution in [0.4, 0.5) is 0 Å². The van der Waals surface area contributed by atoms with Crippen molar-refractivity contribution in [3.63, 3.8) is 0 Å². The fourth-order valence-electron chi connectivity index (χ4n) is 2.80. The Kier molecular flexibility index (Phi) is 6.80. The predicted octanol–water partition coefficient (Wildman–Crippen LogP) is 1.82. The fraction of sp³-hybridized carbons (Fsp3) is 0.933. The summed E-state index contributed by atoms with van der Waals surface area (Å²) in [5.41, 5.74) is 0.00343. The van der Waals surface area contributed by atoms with Crippen LogP contribution in [0.5, 0.6) is 0 Å². The van der Waals surface area contributed by atoms with E-state index < -0.39 is 0 Å². The minimum atomic E-state index is -0.190. The molecule has 0 saturated heterocycles. The van der Waals surface area contributed by atoms with Crippen LogP contribution in [0.15, 0.2) is 0 Å². The van der Waals surface area contributed by atoms with Gasteiger partial charge < -0.3 is 15.7 Å². The second kappa shape index (κ2) is 7.85. The van der Waals surface area contributed by atoms with E-state index in [9.17, 15) is 9.90 Å². The number of hydrogen-bond donors (Lipinski definition) is 3. The molecule has 0 radical (unpaired) electrons. The average Bonchev–Trinajstić information content (AvgIpc) is 2.91. The minimum absolute atomic E-state index is 0.00343. The summed E-state index contributed by atoms with van der Waals surface area (Å²) in [4.78, 5) is 12.0. The Morgan fingerprint density at radius 2 is 1.84 bits per heavy atom. The van der Waals surface area contributed by atoms with E-state index in [1.165, 1.54) is 12.8 Å². The molecule has 1 aliphatic rings. The number of carbonyl (C=O) groups is 1. The number of amides is 1. The van der Waals surface area contributed by atoms with Gasteiger partial charge in [0, 0.05) is 24.6 Å². The first-order valence-corrected chi connectivity index (χ1v) is 7.71. The van der Waals surface area contributed by atoms with Crippen molar-refractivity contribution in [3.8, 4) is 0 Å². The molecule has 0 aliphatic heterocycles. The average molecular weight is 270 g/mol. The van der Waals surface area contributed by atoms with E-state index in [1.54, 1.807) is 0 Å². The summed E-state index contributed by atoms with van der Waals surface area (Å²) in [6, 6.07) is 0.0830. The first kappa shape index (κ1) is 16.4. The smallest absolute Gasteiger partial charge is 0.237 e. The molecule has 0 aromatic rings. The molecule has 1 aliphatic carbocycles. The van der Waals surface area contributed by atoms with Crippen LogP contribution in [0.3, 0.4) is 0 Å². The van der Waals surface area contributed by atoms with Crippen molar-refractivity contribution in [2.45, 2.75) is 71.4 Å². The zero-order chi connectivity index (χ0) is 14.3. The quantitative estimate of drug-likeness (QED) is 0.630. The Morgan fingerprint density at radius 3 is 2.32 bits per heavy atom. The van der Waals surface area contributed by atoms with E-state index in [1.807, 2.05) is 6.92 Å². The van der Waals surface area contributed by atoms with Gasteiger partial charge in [0.25, 0.3) is 0 Å². The maximum atomic E-state index is 12.0. The van der Waals surface area contributed by atoms with Crippen LogP contribution in [0.25, 0.3) is 0 Å². The van der Waals surface area contributed by atoms with Gasteiger partial charge in [-0.3, -0.25) is 4.79 Å². The highest BCUT2D eigenvalue weighted by Crippen LogP contribution is 2.36. The number of rotatable bonds is 8. The van der Waals surface area contributed by atoms with E-state index in [0.29, 0.717) is 0 Å². The number of hydrogen-bond acceptors (Lipinski definition) is 3. The second-order valence-corrected chi connectivity index (χ2v) is 5.99. The molecule has 0 aromatic heterocycles. The lowest BCUT2D eigenvalue weighted by molar-refractivity contribution is -0.123. The van der Waals surface area contributed by atoms with Gasteiger partial charge in [-0.1, -0.05) is 26.7 Å². The topological polar surface area (TPSA) is 61.4 Å². The van der Waals surface area contributed by atoms with Gasteiger partial charge in [0.15, 0.2) is 0 Å². The molecule has 0 bridgehead atoms. The molecular weight excluding hydrogens is 240 g/mol. The van der Waals surface area contributed by atoms with Crippen molar-refractivity contribution >= 4 is 5.91 Å². The monoisotopic (exact) mass is 270 g/mol.